The Hall–Kier alpha value is -1.72. The van der Waals surface area contributed by atoms with E-state index < -0.39 is 0 Å². The van der Waals surface area contributed by atoms with Crippen molar-refractivity contribution in [3.63, 3.8) is 0 Å². The van der Waals surface area contributed by atoms with Crippen LogP contribution in [0, 0.1) is 5.82 Å². The Balaban J connectivity index is 2.01. The monoisotopic (exact) mass is 311 g/mol. The molecule has 0 fully saturated rings. The van der Waals surface area contributed by atoms with Gasteiger partial charge in [0.2, 0.25) is 0 Å². The van der Waals surface area contributed by atoms with Crippen molar-refractivity contribution in [3.05, 3.63) is 51.5 Å². The number of carbonyl (C=O) groups excluding carboxylic acids is 1. The molecule has 3 rings (SSSR count). The lowest BCUT2D eigenvalue weighted by Gasteiger charge is -2.17. The average Bonchev–Trinajstić information content (AvgIpc) is 2.83. The minimum absolute atomic E-state index is 0.0238. The van der Waals surface area contributed by atoms with Crippen LogP contribution in [-0.4, -0.2) is 22.6 Å². The molecule has 7 heteroatoms. The van der Waals surface area contributed by atoms with Gasteiger partial charge in [0.1, 0.15) is 5.82 Å². The molecular formula is C13H8Cl2FN3O. The quantitative estimate of drug-likeness (QED) is 0.813. The Bertz CT molecular complexity index is 708. The number of benzene rings is 1. The first-order valence-electron chi connectivity index (χ1n) is 5.85. The summed E-state index contributed by atoms with van der Waals surface area (Å²) in [5.74, 6) is -0.753. The summed E-state index contributed by atoms with van der Waals surface area (Å²) in [5.41, 5.74) is 1.63. The Morgan fingerprint density at radius 1 is 1.25 bits per heavy atom. The number of halogens is 3. The first-order chi connectivity index (χ1) is 9.56. The third-order valence-electron chi connectivity index (χ3n) is 3.14. The summed E-state index contributed by atoms with van der Waals surface area (Å²) in [6.45, 7) is 0.466. The van der Waals surface area contributed by atoms with E-state index in [0.29, 0.717) is 18.7 Å². The molecular weight excluding hydrogens is 304 g/mol. The van der Waals surface area contributed by atoms with E-state index in [1.807, 2.05) is 0 Å². The number of anilines is 1. The first-order valence-corrected chi connectivity index (χ1v) is 6.61. The van der Waals surface area contributed by atoms with Gasteiger partial charge in [-0.3, -0.25) is 4.79 Å². The Morgan fingerprint density at radius 2 is 2.05 bits per heavy atom. The molecule has 2 aromatic rings. The summed E-state index contributed by atoms with van der Waals surface area (Å²) in [6.07, 6.45) is 0.672. The van der Waals surface area contributed by atoms with Crippen molar-refractivity contribution < 1.29 is 9.18 Å². The Kier molecular flexibility index (Phi) is 3.31. The van der Waals surface area contributed by atoms with Gasteiger partial charge in [-0.05, 0) is 30.2 Å². The van der Waals surface area contributed by atoms with Gasteiger partial charge >= 0.3 is 0 Å². The number of fused-ring (bicyclic) bond motifs is 1. The molecule has 0 atom stereocenters. The van der Waals surface area contributed by atoms with Crippen molar-refractivity contribution in [2.24, 2.45) is 0 Å². The molecule has 2 heterocycles. The van der Waals surface area contributed by atoms with Crippen molar-refractivity contribution >= 4 is 34.8 Å². The van der Waals surface area contributed by atoms with Gasteiger partial charge in [-0.25, -0.2) is 4.39 Å². The van der Waals surface area contributed by atoms with Gasteiger partial charge in [0.25, 0.3) is 5.91 Å². The van der Waals surface area contributed by atoms with E-state index in [9.17, 15) is 9.18 Å². The molecule has 0 saturated heterocycles. The maximum atomic E-state index is 13.3. The van der Waals surface area contributed by atoms with E-state index in [2.05, 4.69) is 10.2 Å². The first kappa shape index (κ1) is 13.3. The summed E-state index contributed by atoms with van der Waals surface area (Å²) in [6, 6.07) is 5.75. The molecule has 0 radical (unpaired) electrons. The van der Waals surface area contributed by atoms with Crippen LogP contribution in [0.15, 0.2) is 24.3 Å². The summed E-state index contributed by atoms with van der Waals surface area (Å²) < 4.78 is 13.3. The Morgan fingerprint density at radius 3 is 2.85 bits per heavy atom. The van der Waals surface area contributed by atoms with Crippen molar-refractivity contribution in [2.75, 3.05) is 11.4 Å². The van der Waals surface area contributed by atoms with Crippen LogP contribution in [0.1, 0.15) is 15.9 Å². The SMILES string of the molecule is O=C(c1cc(Cl)nnc1Cl)N1CCc2ccc(F)cc21. The maximum Gasteiger partial charge on any atom is 0.261 e. The van der Waals surface area contributed by atoms with Crippen LogP contribution in [0.3, 0.4) is 0 Å². The van der Waals surface area contributed by atoms with Crippen molar-refractivity contribution in [3.8, 4) is 0 Å². The van der Waals surface area contributed by atoms with E-state index in [0.717, 1.165) is 5.56 Å². The predicted octanol–water partition coefficient (Wildman–Crippen LogP) is 3.13. The number of hydrogen-bond acceptors (Lipinski definition) is 3. The molecule has 0 spiro atoms. The van der Waals surface area contributed by atoms with Crippen LogP contribution in [0.2, 0.25) is 10.3 Å². The van der Waals surface area contributed by atoms with Gasteiger partial charge in [-0.1, -0.05) is 29.3 Å². The molecule has 0 aliphatic carbocycles. The highest BCUT2D eigenvalue weighted by atomic mass is 35.5. The second kappa shape index (κ2) is 5.00. The number of carbonyl (C=O) groups is 1. The summed E-state index contributed by atoms with van der Waals surface area (Å²) in [4.78, 5) is 14.0. The number of rotatable bonds is 1. The molecule has 1 aliphatic rings. The molecule has 4 nitrogen and oxygen atoms in total. The van der Waals surface area contributed by atoms with E-state index >= 15 is 0 Å². The molecule has 1 aromatic heterocycles. The van der Waals surface area contributed by atoms with Crippen LogP contribution in [0.5, 0.6) is 0 Å². The molecule has 0 bridgehead atoms. The van der Waals surface area contributed by atoms with Crippen LogP contribution >= 0.6 is 23.2 Å². The zero-order valence-corrected chi connectivity index (χ0v) is 11.6. The molecule has 0 N–H and O–H groups in total. The van der Waals surface area contributed by atoms with Gasteiger partial charge in [-0.2, -0.15) is 0 Å². The number of aromatic nitrogens is 2. The van der Waals surface area contributed by atoms with Crippen LogP contribution in [-0.2, 0) is 6.42 Å². The number of amides is 1. The lowest BCUT2D eigenvalue weighted by atomic mass is 10.1. The van der Waals surface area contributed by atoms with Crippen LogP contribution in [0.25, 0.3) is 0 Å². The third-order valence-corrected chi connectivity index (χ3v) is 3.60. The van der Waals surface area contributed by atoms with Crippen molar-refractivity contribution in [1.82, 2.24) is 10.2 Å². The molecule has 1 amide bonds. The largest absolute Gasteiger partial charge is 0.308 e. The lowest BCUT2D eigenvalue weighted by Crippen LogP contribution is -2.29. The van der Waals surface area contributed by atoms with E-state index in [1.165, 1.54) is 23.1 Å². The lowest BCUT2D eigenvalue weighted by molar-refractivity contribution is 0.0989. The standard InChI is InChI=1S/C13H8Cl2FN3O/c14-11-6-9(12(15)18-17-11)13(20)19-4-3-7-1-2-8(16)5-10(7)19/h1-2,5-6H,3-4H2. The predicted molar refractivity (Wildman–Crippen MR) is 73.8 cm³/mol. The van der Waals surface area contributed by atoms with Crippen molar-refractivity contribution in [1.29, 1.82) is 0 Å². The summed E-state index contributed by atoms with van der Waals surface area (Å²) in [7, 11) is 0. The fraction of sp³-hybridized carbons (Fsp3) is 0.154. The smallest absolute Gasteiger partial charge is 0.261 e. The minimum Gasteiger partial charge on any atom is -0.308 e. The highest BCUT2D eigenvalue weighted by Crippen LogP contribution is 2.31. The second-order valence-corrected chi connectivity index (χ2v) is 5.10. The van der Waals surface area contributed by atoms with Gasteiger partial charge in [0.15, 0.2) is 10.3 Å². The number of hydrogen-bond donors (Lipinski definition) is 0. The van der Waals surface area contributed by atoms with Gasteiger partial charge in [-0.15, -0.1) is 10.2 Å². The third kappa shape index (κ3) is 2.23. The van der Waals surface area contributed by atoms with E-state index in [1.54, 1.807) is 6.07 Å². The molecule has 1 aliphatic heterocycles. The summed E-state index contributed by atoms with van der Waals surface area (Å²) in [5, 5.41) is 7.22. The van der Waals surface area contributed by atoms with E-state index in [4.69, 9.17) is 23.2 Å². The average molecular weight is 312 g/mol. The van der Waals surface area contributed by atoms with Gasteiger partial charge in [0, 0.05) is 6.54 Å². The second-order valence-electron chi connectivity index (χ2n) is 4.35. The fourth-order valence-corrected chi connectivity index (χ4v) is 2.53. The van der Waals surface area contributed by atoms with Crippen molar-refractivity contribution in [2.45, 2.75) is 6.42 Å². The van der Waals surface area contributed by atoms with E-state index in [-0.39, 0.29) is 27.6 Å². The minimum atomic E-state index is -0.388. The fourth-order valence-electron chi connectivity index (χ4n) is 2.21. The molecule has 0 saturated carbocycles. The van der Waals surface area contributed by atoms with Gasteiger partial charge in [0.05, 0.1) is 11.3 Å². The molecule has 102 valence electrons. The highest BCUT2D eigenvalue weighted by Gasteiger charge is 2.28. The molecule has 0 unspecified atom stereocenters. The van der Waals surface area contributed by atoms with Gasteiger partial charge < -0.3 is 4.90 Å². The summed E-state index contributed by atoms with van der Waals surface area (Å²) >= 11 is 11.6. The topological polar surface area (TPSA) is 46.1 Å². The number of nitrogens with zero attached hydrogens (tertiary/aromatic N) is 3. The Labute approximate surface area is 124 Å². The zero-order chi connectivity index (χ0) is 14.3. The maximum absolute atomic E-state index is 13.3. The van der Waals surface area contributed by atoms with Crippen LogP contribution < -0.4 is 4.90 Å². The molecule has 20 heavy (non-hydrogen) atoms. The normalized spacial score (nSPS) is 13.4. The highest BCUT2D eigenvalue weighted by molar-refractivity contribution is 6.34. The molecule has 1 aromatic carbocycles. The zero-order valence-electron chi connectivity index (χ0n) is 10.1. The van der Waals surface area contributed by atoms with Crippen LogP contribution in [0.4, 0.5) is 10.1 Å².